The van der Waals surface area contributed by atoms with Crippen LogP contribution in [0.4, 0.5) is 0 Å². The molecule has 8 aromatic rings. The van der Waals surface area contributed by atoms with Crippen LogP contribution in [0.15, 0.2) is 152 Å². The van der Waals surface area contributed by atoms with Gasteiger partial charge in [-0.25, -0.2) is 0 Å². The Morgan fingerprint density at radius 1 is 0.734 bits per heavy atom. The van der Waals surface area contributed by atoms with Gasteiger partial charge in [0.25, 0.3) is 0 Å². The van der Waals surface area contributed by atoms with E-state index < -0.39 is 52.1 Å². The molecule has 8 N–H and O–H groups in total. The number of nitrogens with one attached hydrogen (secondary N) is 2. The van der Waals surface area contributed by atoms with E-state index in [2.05, 4.69) is 102 Å². The lowest BCUT2D eigenvalue weighted by atomic mass is 9.52. The largest absolute Gasteiger partial charge is 0.508 e. The van der Waals surface area contributed by atoms with Crippen LogP contribution in [-0.4, -0.2) is 97.7 Å². The van der Waals surface area contributed by atoms with Crippen LogP contribution in [0.25, 0.3) is 10.8 Å². The van der Waals surface area contributed by atoms with E-state index >= 15 is 4.79 Å². The number of phenols is 3. The van der Waals surface area contributed by atoms with Crippen LogP contribution in [-0.2, 0) is 54.3 Å². The van der Waals surface area contributed by atoms with Gasteiger partial charge in [0.05, 0.1) is 36.6 Å². The normalized spacial score (nSPS) is 27.7. The van der Waals surface area contributed by atoms with E-state index in [-0.39, 0.29) is 54.0 Å². The Kier molecular flexibility index (Phi) is 20.8. The third-order valence-electron chi connectivity index (χ3n) is 22.1. The summed E-state index contributed by atoms with van der Waals surface area (Å²) in [6.07, 6.45) is 12.3. The number of carbonyl (C=O) groups is 1. The summed E-state index contributed by atoms with van der Waals surface area (Å²) in [5.41, 5.74) is 9.35. The number of rotatable bonds is 13. The Hall–Kier alpha value is -6.01. The highest BCUT2D eigenvalue weighted by Gasteiger charge is 2.62. The van der Waals surface area contributed by atoms with Gasteiger partial charge in [0.15, 0.2) is 28.8 Å². The summed E-state index contributed by atoms with van der Waals surface area (Å²) in [5.74, 6) is -0.509. The monoisotopic (exact) mass is 1340 g/mol. The molecule has 0 saturated heterocycles. The lowest BCUT2D eigenvalue weighted by Gasteiger charge is -2.53. The zero-order chi connectivity index (χ0) is 65.1. The zero-order valence-electron chi connectivity index (χ0n) is 54.2. The molecule has 3 saturated carbocycles. The minimum absolute atomic E-state index is 0.000617. The molecule has 12 atom stereocenters. The second-order valence-corrected chi connectivity index (χ2v) is 32.6. The lowest BCUT2D eigenvalue weighted by molar-refractivity contribution is -0.150. The molecule has 2 bridgehead atoms. The molecule has 3 aliphatic carbocycles. The summed E-state index contributed by atoms with van der Waals surface area (Å²) in [6.45, 7) is 1.98. The topological polar surface area (TPSA) is 185 Å². The SMILES string of the molecule is CCc1ccc2cccc3c2c1Cc1c(ccc(O)c1OC)C[C@@H](Cc1cc[nH]c1)[C@H](O)[C@@H]1C(=O)[C@@](c2cc(O)cc([C@]4(NC)CCC[C@@H](Cc5ccccc5Cc5ccccc5)C4)c2)([C@H]2CSSC[C@H]4CCCC[C@@H]4Oc4cc2ccc4O)[C@H](O)C[C@H]1CSS[C@H]3CO. The van der Waals surface area contributed by atoms with E-state index in [1.807, 2.05) is 55.8 Å². The van der Waals surface area contributed by atoms with Gasteiger partial charge >= 0.3 is 0 Å². The van der Waals surface area contributed by atoms with Crippen LogP contribution in [0.2, 0.25) is 0 Å². The molecule has 94 heavy (non-hydrogen) atoms. The molecule has 3 fully saturated rings. The quantitative estimate of drug-likeness (QED) is 0.0510. The number of aromatic nitrogens is 1. The molecule has 2 aliphatic heterocycles. The molecule has 1 aromatic heterocycles. The zero-order valence-corrected chi connectivity index (χ0v) is 57.4. The van der Waals surface area contributed by atoms with E-state index in [4.69, 9.17) is 9.47 Å². The number of methoxy groups -OCH3 is 1. The predicted molar refractivity (Wildman–Crippen MR) is 385 cm³/mol. The first-order chi connectivity index (χ1) is 45.8. The van der Waals surface area contributed by atoms with Gasteiger partial charge in [-0.05, 0) is 210 Å². The number of hydrogen-bond donors (Lipinski definition) is 8. The number of Topliss-reactive ketones (excluding diaryl/α,β-unsaturated/α-hetero) is 1. The van der Waals surface area contributed by atoms with Crippen molar-refractivity contribution >= 4 is 59.7 Å². The molecule has 15 heteroatoms. The van der Waals surface area contributed by atoms with Gasteiger partial charge in [-0.2, -0.15) is 0 Å². The van der Waals surface area contributed by atoms with Crippen LogP contribution in [0.3, 0.4) is 0 Å². The number of carbonyl (C=O) groups excluding carboxylic acids is 1. The fourth-order valence-electron chi connectivity index (χ4n) is 17.3. The number of ether oxygens (including phenoxy) is 2. The fraction of sp³-hybridized carbons (Fsp3) is 0.430. The number of fused-ring (bicyclic) bond motifs is 5. The maximum Gasteiger partial charge on any atom is 0.164 e. The maximum atomic E-state index is 17.9. The summed E-state index contributed by atoms with van der Waals surface area (Å²) in [6, 6.07) is 46.8. The van der Waals surface area contributed by atoms with Crippen molar-refractivity contribution in [3.63, 3.8) is 0 Å². The minimum atomic E-state index is -1.79. The molecule has 494 valence electrons. The summed E-state index contributed by atoms with van der Waals surface area (Å²) in [7, 11) is 10.2. The number of aromatic amines is 1. The Morgan fingerprint density at radius 3 is 2.32 bits per heavy atom. The third kappa shape index (κ3) is 13.3. The van der Waals surface area contributed by atoms with Crippen LogP contribution >= 0.6 is 43.2 Å². The number of aryl methyl sites for hydroxylation is 1. The van der Waals surface area contributed by atoms with Crippen molar-refractivity contribution in [2.45, 2.75) is 144 Å². The summed E-state index contributed by atoms with van der Waals surface area (Å²) in [5, 5.41) is 81.6. The molecule has 13 rings (SSSR count). The summed E-state index contributed by atoms with van der Waals surface area (Å²) >= 11 is 0. The Labute approximate surface area is 569 Å². The van der Waals surface area contributed by atoms with Crippen molar-refractivity contribution in [3.8, 4) is 28.7 Å². The van der Waals surface area contributed by atoms with E-state index in [9.17, 15) is 30.6 Å². The number of hydrogen-bond acceptors (Lipinski definition) is 14. The molecule has 0 spiro atoms. The van der Waals surface area contributed by atoms with Crippen molar-refractivity contribution in [3.05, 3.63) is 219 Å². The molecular weight excluding hydrogens is 1250 g/mol. The van der Waals surface area contributed by atoms with E-state index in [1.165, 1.54) is 16.7 Å². The first-order valence-electron chi connectivity index (χ1n) is 34.0. The number of ketones is 1. The molecule has 11 nitrogen and oxygen atoms in total. The Balaban J connectivity index is 0.980. The Bertz CT molecular complexity index is 3940. The van der Waals surface area contributed by atoms with Gasteiger partial charge < -0.3 is 50.4 Å². The molecule has 3 heterocycles. The van der Waals surface area contributed by atoms with Crippen molar-refractivity contribution < 1.29 is 44.9 Å². The molecule has 5 aliphatic rings. The van der Waals surface area contributed by atoms with Gasteiger partial charge in [-0.3, -0.25) is 4.79 Å². The van der Waals surface area contributed by atoms with Crippen molar-refractivity contribution in [2.24, 2.45) is 29.6 Å². The molecule has 7 aromatic carbocycles. The highest BCUT2D eigenvalue weighted by molar-refractivity contribution is 8.77. The number of H-pyrrole nitrogens is 1. The smallest absolute Gasteiger partial charge is 0.164 e. The molecular formula is C79H90N2O9S4. The number of aliphatic hydroxyl groups is 3. The number of aromatic hydroxyl groups is 3. The fourth-order valence-corrected chi connectivity index (χ4v) is 23.0. The summed E-state index contributed by atoms with van der Waals surface area (Å²) < 4.78 is 13.1. The van der Waals surface area contributed by atoms with Gasteiger partial charge in [0, 0.05) is 64.9 Å². The van der Waals surface area contributed by atoms with Crippen LogP contribution in [0.1, 0.15) is 143 Å². The summed E-state index contributed by atoms with van der Waals surface area (Å²) in [4.78, 5) is 21.2. The second kappa shape index (κ2) is 29.4. The number of phenolic OH excluding ortho intramolecular Hbond substituents is 3. The van der Waals surface area contributed by atoms with Gasteiger partial charge in [0.1, 0.15) is 11.9 Å². The van der Waals surface area contributed by atoms with Crippen LogP contribution < -0.4 is 14.8 Å². The molecule has 0 amide bonds. The standard InChI is InChI=1S/C79H90N2O9S4/c1-4-51-23-24-52-20-12-21-63-71(44-82)94-93-46-59-37-72(86)79(66-47-92-91-45-57-19-10-11-22-69(57)90-70-36-56(66)26-27-67(70)84,77(88)74(59)75(87)58(34-50-29-31-81-43-50)35-55-25-28-68(85)76(89-3)65(55)41-64(51)73(52)63)61-38-60(39-62(83)40-61)78(80-2)30-13-16-49(42-78)33-54-18-9-8-17-53(54)32-48-14-6-5-7-15-48/h5-9,12,14-15,17-18,20-21,23-29,31,36,38-40,43,49,57-59,66,69,71-72,74-75,80-87H,4,10-11,13,16,19,22,30,32-35,37,41-42,44-47H2,1-3H3/t49-,57+,58+,59-,66-,69-,71-,72+,74+,75-,78-,79-/m0/s1. The van der Waals surface area contributed by atoms with Gasteiger partial charge in [-0.1, -0.05) is 166 Å². The third-order valence-corrected chi connectivity index (χ3v) is 27.5. The van der Waals surface area contributed by atoms with Crippen molar-refractivity contribution in [1.29, 1.82) is 0 Å². The van der Waals surface area contributed by atoms with Gasteiger partial charge in [-0.15, -0.1) is 0 Å². The van der Waals surface area contributed by atoms with Crippen molar-refractivity contribution in [1.82, 2.24) is 10.3 Å². The highest BCUT2D eigenvalue weighted by atomic mass is 33.1. The molecule has 0 radical (unpaired) electrons. The Morgan fingerprint density at radius 2 is 1.52 bits per heavy atom. The number of benzene rings is 7. The average Bonchev–Trinajstić information content (AvgIpc) is 0.810. The van der Waals surface area contributed by atoms with Crippen molar-refractivity contribution in [2.75, 3.05) is 38.0 Å². The first-order valence-corrected chi connectivity index (χ1v) is 38.9. The van der Waals surface area contributed by atoms with Crippen LogP contribution in [0.5, 0.6) is 28.7 Å². The average molecular weight is 1340 g/mol. The highest BCUT2D eigenvalue weighted by Crippen LogP contribution is 2.58. The van der Waals surface area contributed by atoms with E-state index in [0.29, 0.717) is 53.4 Å². The first kappa shape index (κ1) is 66.6. The second-order valence-electron chi connectivity index (χ2n) is 27.4. The maximum absolute atomic E-state index is 17.9. The minimum Gasteiger partial charge on any atom is -0.508 e. The van der Waals surface area contributed by atoms with E-state index in [0.717, 1.165) is 126 Å². The van der Waals surface area contributed by atoms with Gasteiger partial charge in [0.2, 0.25) is 0 Å². The lowest BCUT2D eigenvalue weighted by Crippen LogP contribution is -2.62. The number of aliphatic hydroxyl groups excluding tert-OH is 3. The predicted octanol–water partition coefficient (Wildman–Crippen LogP) is 15.7. The molecule has 0 unspecified atom stereocenters. The van der Waals surface area contributed by atoms with Crippen LogP contribution in [0, 0.1) is 29.6 Å². The van der Waals surface area contributed by atoms with E-state index in [1.54, 1.807) is 68.5 Å².